The number of nitrogens with one attached hydrogen (secondary N) is 1. The molecule has 20 heavy (non-hydrogen) atoms. The lowest BCUT2D eigenvalue weighted by Crippen LogP contribution is -2.56. The maximum atomic E-state index is 12.6. The second-order valence-electron chi connectivity index (χ2n) is 7.20. The maximum Gasteiger partial charge on any atom is 0.223 e. The number of rotatable bonds is 3. The summed E-state index contributed by atoms with van der Waals surface area (Å²) in [5.74, 6) is 1.30. The van der Waals surface area contributed by atoms with E-state index in [-0.39, 0.29) is 17.4 Å². The summed E-state index contributed by atoms with van der Waals surface area (Å²) in [6.07, 6.45) is 13.0. The highest BCUT2D eigenvalue weighted by molar-refractivity contribution is 5.79. The van der Waals surface area contributed by atoms with E-state index in [0.717, 1.165) is 31.6 Å². The number of carbonyl (C=O) groups is 1. The SMILES string of the molecule is CC1CCC(CN)(NC(=O)C2CCCCCCC2)CC1. The van der Waals surface area contributed by atoms with Crippen molar-refractivity contribution in [1.82, 2.24) is 5.32 Å². The molecule has 0 radical (unpaired) electrons. The molecule has 0 atom stereocenters. The van der Waals surface area contributed by atoms with Gasteiger partial charge in [-0.05, 0) is 44.4 Å². The molecule has 0 bridgehead atoms. The quantitative estimate of drug-likeness (QED) is 0.832. The van der Waals surface area contributed by atoms with Crippen LogP contribution in [0, 0.1) is 11.8 Å². The molecule has 2 fully saturated rings. The number of nitrogens with two attached hydrogens (primary N) is 1. The van der Waals surface area contributed by atoms with Gasteiger partial charge in [-0.1, -0.05) is 39.0 Å². The zero-order chi connectivity index (χ0) is 14.4. The van der Waals surface area contributed by atoms with Crippen molar-refractivity contribution >= 4 is 5.91 Å². The minimum absolute atomic E-state index is 0.105. The highest BCUT2D eigenvalue weighted by Gasteiger charge is 2.35. The zero-order valence-electron chi connectivity index (χ0n) is 13.1. The Morgan fingerprint density at radius 3 is 2.15 bits per heavy atom. The second-order valence-corrected chi connectivity index (χ2v) is 7.20. The first-order chi connectivity index (χ1) is 9.65. The fraction of sp³-hybridized carbons (Fsp3) is 0.941. The van der Waals surface area contributed by atoms with Gasteiger partial charge in [-0.15, -0.1) is 0 Å². The molecule has 3 N–H and O–H groups in total. The highest BCUT2D eigenvalue weighted by atomic mass is 16.2. The van der Waals surface area contributed by atoms with Crippen LogP contribution in [0.5, 0.6) is 0 Å². The van der Waals surface area contributed by atoms with Crippen LogP contribution in [-0.2, 0) is 4.79 Å². The van der Waals surface area contributed by atoms with Gasteiger partial charge in [-0.3, -0.25) is 4.79 Å². The van der Waals surface area contributed by atoms with Crippen LogP contribution in [0.15, 0.2) is 0 Å². The average molecular weight is 280 g/mol. The second kappa shape index (κ2) is 7.44. The molecule has 2 saturated carbocycles. The Labute approximate surface area is 124 Å². The predicted octanol–water partition coefficient (Wildman–Crippen LogP) is 3.37. The van der Waals surface area contributed by atoms with Gasteiger partial charge in [-0.2, -0.15) is 0 Å². The monoisotopic (exact) mass is 280 g/mol. The van der Waals surface area contributed by atoms with Crippen molar-refractivity contribution < 1.29 is 4.79 Å². The smallest absolute Gasteiger partial charge is 0.223 e. The molecular weight excluding hydrogens is 248 g/mol. The van der Waals surface area contributed by atoms with Gasteiger partial charge >= 0.3 is 0 Å². The number of hydrogen-bond donors (Lipinski definition) is 2. The van der Waals surface area contributed by atoms with E-state index >= 15 is 0 Å². The lowest BCUT2D eigenvalue weighted by atomic mass is 9.76. The van der Waals surface area contributed by atoms with Crippen LogP contribution in [0.2, 0.25) is 0 Å². The van der Waals surface area contributed by atoms with E-state index in [9.17, 15) is 4.79 Å². The van der Waals surface area contributed by atoms with Crippen molar-refractivity contribution in [2.24, 2.45) is 17.6 Å². The number of hydrogen-bond acceptors (Lipinski definition) is 2. The summed E-state index contributed by atoms with van der Waals surface area (Å²) in [4.78, 5) is 12.6. The van der Waals surface area contributed by atoms with Crippen molar-refractivity contribution in [3.63, 3.8) is 0 Å². The summed E-state index contributed by atoms with van der Waals surface area (Å²) in [5, 5.41) is 3.36. The van der Waals surface area contributed by atoms with Gasteiger partial charge in [0.25, 0.3) is 0 Å². The van der Waals surface area contributed by atoms with Gasteiger partial charge in [0, 0.05) is 12.5 Å². The molecule has 0 saturated heterocycles. The van der Waals surface area contributed by atoms with Gasteiger partial charge in [0.2, 0.25) is 5.91 Å². The zero-order valence-corrected chi connectivity index (χ0v) is 13.1. The van der Waals surface area contributed by atoms with E-state index in [4.69, 9.17) is 5.73 Å². The first-order valence-corrected chi connectivity index (χ1v) is 8.67. The maximum absolute atomic E-state index is 12.6. The Kier molecular flexibility index (Phi) is 5.88. The Bertz CT molecular complexity index is 300. The molecule has 2 aliphatic carbocycles. The summed E-state index contributed by atoms with van der Waals surface area (Å²) >= 11 is 0. The third kappa shape index (κ3) is 4.21. The summed E-state index contributed by atoms with van der Waals surface area (Å²) < 4.78 is 0. The first-order valence-electron chi connectivity index (χ1n) is 8.67. The molecule has 0 spiro atoms. The minimum atomic E-state index is -0.105. The van der Waals surface area contributed by atoms with Gasteiger partial charge in [-0.25, -0.2) is 0 Å². The molecule has 0 aromatic heterocycles. The Morgan fingerprint density at radius 2 is 1.60 bits per heavy atom. The normalized spacial score (nSPS) is 33.2. The summed E-state index contributed by atoms with van der Waals surface area (Å²) in [5.41, 5.74) is 5.90. The fourth-order valence-electron chi connectivity index (χ4n) is 3.78. The molecule has 0 aromatic carbocycles. The number of carbonyl (C=O) groups excluding carboxylic acids is 1. The lowest BCUT2D eigenvalue weighted by molar-refractivity contribution is -0.128. The van der Waals surface area contributed by atoms with Crippen LogP contribution < -0.4 is 11.1 Å². The van der Waals surface area contributed by atoms with E-state index < -0.39 is 0 Å². The van der Waals surface area contributed by atoms with Crippen molar-refractivity contribution in [3.8, 4) is 0 Å². The van der Waals surface area contributed by atoms with Gasteiger partial charge in [0.05, 0.1) is 5.54 Å². The fourth-order valence-corrected chi connectivity index (χ4v) is 3.78. The van der Waals surface area contributed by atoms with E-state index in [0.29, 0.717) is 6.54 Å². The predicted molar refractivity (Wildman–Crippen MR) is 83.4 cm³/mol. The molecule has 0 heterocycles. The van der Waals surface area contributed by atoms with Gasteiger partial charge in [0.1, 0.15) is 0 Å². The van der Waals surface area contributed by atoms with Crippen molar-refractivity contribution in [1.29, 1.82) is 0 Å². The Balaban J connectivity index is 1.90. The molecule has 0 aromatic rings. The molecule has 3 heteroatoms. The largest absolute Gasteiger partial charge is 0.349 e. The van der Waals surface area contributed by atoms with Gasteiger partial charge < -0.3 is 11.1 Å². The van der Waals surface area contributed by atoms with Crippen LogP contribution in [-0.4, -0.2) is 18.0 Å². The molecule has 2 rings (SSSR count). The van der Waals surface area contributed by atoms with Crippen LogP contribution in [0.4, 0.5) is 0 Å². The minimum Gasteiger partial charge on any atom is -0.349 e. The van der Waals surface area contributed by atoms with E-state index in [2.05, 4.69) is 12.2 Å². The molecule has 2 aliphatic rings. The van der Waals surface area contributed by atoms with E-state index in [1.807, 2.05) is 0 Å². The van der Waals surface area contributed by atoms with Crippen molar-refractivity contribution in [2.75, 3.05) is 6.54 Å². The third-order valence-corrected chi connectivity index (χ3v) is 5.49. The van der Waals surface area contributed by atoms with Crippen LogP contribution in [0.3, 0.4) is 0 Å². The third-order valence-electron chi connectivity index (χ3n) is 5.49. The first kappa shape index (κ1) is 15.8. The van der Waals surface area contributed by atoms with Crippen molar-refractivity contribution in [3.05, 3.63) is 0 Å². The molecule has 0 aliphatic heterocycles. The standard InChI is InChI=1S/C17H32N2O/c1-14-9-11-17(13-18,12-10-14)19-16(20)15-7-5-3-2-4-6-8-15/h14-15H,2-13,18H2,1H3,(H,19,20). The number of amides is 1. The van der Waals surface area contributed by atoms with E-state index in [1.54, 1.807) is 0 Å². The molecule has 0 unspecified atom stereocenters. The molecule has 116 valence electrons. The summed E-state index contributed by atoms with van der Waals surface area (Å²) in [6.45, 7) is 2.90. The van der Waals surface area contributed by atoms with Crippen molar-refractivity contribution in [2.45, 2.75) is 83.1 Å². The summed E-state index contributed by atoms with van der Waals surface area (Å²) in [6, 6.07) is 0. The Morgan fingerprint density at radius 1 is 1.05 bits per heavy atom. The van der Waals surface area contributed by atoms with Crippen LogP contribution in [0.1, 0.15) is 77.6 Å². The van der Waals surface area contributed by atoms with Gasteiger partial charge in [0.15, 0.2) is 0 Å². The van der Waals surface area contributed by atoms with Crippen LogP contribution in [0.25, 0.3) is 0 Å². The Hall–Kier alpha value is -0.570. The average Bonchev–Trinajstić information content (AvgIpc) is 2.41. The van der Waals surface area contributed by atoms with Crippen LogP contribution >= 0.6 is 0 Å². The van der Waals surface area contributed by atoms with E-state index in [1.165, 1.54) is 44.9 Å². The molecule has 1 amide bonds. The summed E-state index contributed by atoms with van der Waals surface area (Å²) in [7, 11) is 0. The molecular formula is C17H32N2O. The molecule has 3 nitrogen and oxygen atoms in total. The topological polar surface area (TPSA) is 55.1 Å². The highest BCUT2D eigenvalue weighted by Crippen LogP contribution is 2.32. The lowest BCUT2D eigenvalue weighted by Gasteiger charge is -2.40.